The molecule has 1 rings (SSSR count). The molecule has 0 saturated heterocycles. The van der Waals surface area contributed by atoms with E-state index >= 15 is 0 Å². The lowest BCUT2D eigenvalue weighted by Crippen LogP contribution is -2.12. The summed E-state index contributed by atoms with van der Waals surface area (Å²) < 4.78 is 39.0. The Kier molecular flexibility index (Phi) is 3.17. The van der Waals surface area contributed by atoms with Crippen LogP contribution in [0.3, 0.4) is 0 Å². The van der Waals surface area contributed by atoms with Crippen LogP contribution in [0.25, 0.3) is 0 Å². The average Bonchev–Trinajstić information content (AvgIpc) is 1.92. The van der Waals surface area contributed by atoms with Gasteiger partial charge in [-0.25, -0.2) is 0 Å². The molecule has 0 atom stereocenters. The first-order valence-corrected chi connectivity index (χ1v) is 3.85. The van der Waals surface area contributed by atoms with Gasteiger partial charge in [-0.1, -0.05) is 18.2 Å². The summed E-state index contributed by atoms with van der Waals surface area (Å²) in [5.41, 5.74) is 0. The number of hydrogen-bond acceptors (Lipinski definition) is 1. The summed E-state index contributed by atoms with van der Waals surface area (Å²) in [6.45, 7) is 0. The van der Waals surface area contributed by atoms with Crippen LogP contribution in [-0.4, -0.2) is 6.36 Å². The second-order valence-electron chi connectivity index (χ2n) is 2.50. The van der Waals surface area contributed by atoms with Crippen LogP contribution >= 0.6 is 0 Å². The first-order chi connectivity index (χ1) is 6.08. The van der Waals surface area contributed by atoms with E-state index in [1.807, 2.05) is 6.08 Å². The quantitative estimate of drug-likeness (QED) is 0.576. The normalized spacial score (nSPS) is 22.5. The van der Waals surface area contributed by atoms with E-state index in [4.69, 9.17) is 0 Å². The monoisotopic (exact) mass is 190 g/mol. The molecule has 0 aromatic rings. The van der Waals surface area contributed by atoms with Crippen molar-refractivity contribution in [2.75, 3.05) is 0 Å². The zero-order valence-corrected chi connectivity index (χ0v) is 6.84. The zero-order chi connectivity index (χ0) is 9.73. The Morgan fingerprint density at radius 2 is 1.77 bits per heavy atom. The van der Waals surface area contributed by atoms with Crippen LogP contribution in [0.2, 0.25) is 0 Å². The lowest BCUT2D eigenvalue weighted by atomic mass is 10.2. The summed E-state index contributed by atoms with van der Waals surface area (Å²) in [7, 11) is 0. The molecule has 13 heavy (non-hydrogen) atoms. The molecule has 0 heterocycles. The molecule has 0 unspecified atom stereocenters. The van der Waals surface area contributed by atoms with Gasteiger partial charge in [-0.3, -0.25) is 0 Å². The molecular formula is C9H9F3O. The van der Waals surface area contributed by atoms with Crippen molar-refractivity contribution in [2.45, 2.75) is 19.2 Å². The third kappa shape index (κ3) is 4.40. The zero-order valence-electron chi connectivity index (χ0n) is 6.84. The fourth-order valence-electron chi connectivity index (χ4n) is 0.917. The molecule has 0 amide bonds. The van der Waals surface area contributed by atoms with E-state index in [9.17, 15) is 13.2 Å². The minimum absolute atomic E-state index is 0.142. The average molecular weight is 190 g/mol. The van der Waals surface area contributed by atoms with Crippen LogP contribution < -0.4 is 0 Å². The Bertz CT molecular complexity index is 248. The summed E-state index contributed by atoms with van der Waals surface area (Å²) in [6, 6.07) is 0. The molecule has 4 heteroatoms. The van der Waals surface area contributed by atoms with Gasteiger partial charge < -0.3 is 4.74 Å². The standard InChI is InChI=1S/C9H9F3O/c10-9(11,12)13-8-6-4-2-1-3-5-7-8/h1-2,5-7H,3-4H2/b2-1-,7-5-,8-6?. The van der Waals surface area contributed by atoms with Crippen LogP contribution in [0.4, 0.5) is 13.2 Å². The van der Waals surface area contributed by atoms with Gasteiger partial charge in [0.25, 0.3) is 0 Å². The highest BCUT2D eigenvalue weighted by atomic mass is 19.4. The molecule has 1 aliphatic rings. The smallest absolute Gasteiger partial charge is 0.406 e. The molecule has 0 N–H and O–H groups in total. The first-order valence-electron chi connectivity index (χ1n) is 3.85. The molecule has 0 aromatic heterocycles. The first kappa shape index (κ1) is 9.89. The molecule has 1 nitrogen and oxygen atoms in total. The number of hydrogen-bond donors (Lipinski definition) is 0. The van der Waals surface area contributed by atoms with Gasteiger partial charge in [0.05, 0.1) is 0 Å². The third-order valence-corrected chi connectivity index (χ3v) is 1.41. The summed E-state index contributed by atoms with van der Waals surface area (Å²) in [4.78, 5) is 0. The molecule has 0 fully saturated rings. The number of rotatable bonds is 1. The Morgan fingerprint density at radius 1 is 1.08 bits per heavy atom. The summed E-state index contributed by atoms with van der Waals surface area (Å²) >= 11 is 0. The van der Waals surface area contributed by atoms with Gasteiger partial charge in [0, 0.05) is 0 Å². The predicted octanol–water partition coefficient (Wildman–Crippen LogP) is 3.31. The minimum atomic E-state index is -4.60. The van der Waals surface area contributed by atoms with Crippen molar-refractivity contribution in [3.63, 3.8) is 0 Å². The summed E-state index contributed by atoms with van der Waals surface area (Å²) in [5, 5.41) is 0. The predicted molar refractivity (Wildman–Crippen MR) is 42.7 cm³/mol. The molecule has 72 valence electrons. The van der Waals surface area contributed by atoms with E-state index in [1.54, 1.807) is 12.2 Å². The van der Waals surface area contributed by atoms with Crippen LogP contribution in [0.5, 0.6) is 0 Å². The molecular weight excluding hydrogens is 181 g/mol. The Hall–Kier alpha value is -1.19. The van der Waals surface area contributed by atoms with E-state index < -0.39 is 6.36 Å². The van der Waals surface area contributed by atoms with Gasteiger partial charge in [0.1, 0.15) is 5.76 Å². The Balaban J connectivity index is 2.62. The summed E-state index contributed by atoms with van der Waals surface area (Å²) in [6.07, 6.45) is 4.53. The minimum Gasteiger partial charge on any atom is -0.406 e. The maximum Gasteiger partial charge on any atom is 0.573 e. The lowest BCUT2D eigenvalue weighted by Gasteiger charge is -2.09. The molecule has 0 aliphatic heterocycles. The number of ether oxygens (including phenoxy) is 1. The molecule has 0 aromatic carbocycles. The number of alkyl halides is 3. The van der Waals surface area contributed by atoms with E-state index in [0.717, 1.165) is 0 Å². The van der Waals surface area contributed by atoms with Crippen LogP contribution in [0.1, 0.15) is 12.8 Å². The van der Waals surface area contributed by atoms with E-state index in [1.165, 1.54) is 12.2 Å². The molecule has 0 spiro atoms. The van der Waals surface area contributed by atoms with Gasteiger partial charge in [-0.05, 0) is 25.0 Å². The second-order valence-corrected chi connectivity index (χ2v) is 2.50. The third-order valence-electron chi connectivity index (χ3n) is 1.41. The summed E-state index contributed by atoms with van der Waals surface area (Å²) in [5.74, 6) is -0.142. The van der Waals surface area contributed by atoms with Crippen molar-refractivity contribution in [1.29, 1.82) is 0 Å². The van der Waals surface area contributed by atoms with Crippen molar-refractivity contribution in [3.8, 4) is 0 Å². The van der Waals surface area contributed by atoms with Gasteiger partial charge in [-0.15, -0.1) is 13.2 Å². The van der Waals surface area contributed by atoms with Crippen molar-refractivity contribution >= 4 is 0 Å². The van der Waals surface area contributed by atoms with Crippen molar-refractivity contribution in [2.24, 2.45) is 0 Å². The highest BCUT2D eigenvalue weighted by Gasteiger charge is 2.31. The molecule has 0 radical (unpaired) electrons. The van der Waals surface area contributed by atoms with Gasteiger partial charge in [0.2, 0.25) is 0 Å². The highest BCUT2D eigenvalue weighted by Crippen LogP contribution is 2.22. The van der Waals surface area contributed by atoms with Gasteiger partial charge >= 0.3 is 6.36 Å². The van der Waals surface area contributed by atoms with Crippen LogP contribution in [0, 0.1) is 0 Å². The van der Waals surface area contributed by atoms with Gasteiger partial charge in [-0.2, -0.15) is 0 Å². The highest BCUT2D eigenvalue weighted by molar-refractivity contribution is 5.16. The fourth-order valence-corrected chi connectivity index (χ4v) is 0.917. The van der Waals surface area contributed by atoms with Crippen molar-refractivity contribution in [3.05, 3.63) is 36.1 Å². The van der Waals surface area contributed by atoms with Crippen molar-refractivity contribution in [1.82, 2.24) is 0 Å². The number of halogens is 3. The van der Waals surface area contributed by atoms with E-state index in [2.05, 4.69) is 4.74 Å². The maximum atomic E-state index is 11.8. The molecule has 1 aliphatic carbocycles. The Morgan fingerprint density at radius 3 is 2.46 bits per heavy atom. The molecule has 0 saturated carbocycles. The largest absolute Gasteiger partial charge is 0.573 e. The SMILES string of the molecule is FC(F)(F)OC1=CC/C=C\C/C=C\1. The Labute approximate surface area is 74.2 Å². The number of allylic oxidation sites excluding steroid dienone is 5. The topological polar surface area (TPSA) is 9.23 Å². The van der Waals surface area contributed by atoms with Gasteiger partial charge in [0.15, 0.2) is 0 Å². The van der Waals surface area contributed by atoms with E-state index in [0.29, 0.717) is 12.8 Å². The van der Waals surface area contributed by atoms with E-state index in [-0.39, 0.29) is 5.76 Å². The lowest BCUT2D eigenvalue weighted by molar-refractivity contribution is -0.303. The maximum absolute atomic E-state index is 11.8. The van der Waals surface area contributed by atoms with Crippen LogP contribution in [0.15, 0.2) is 36.1 Å². The van der Waals surface area contributed by atoms with Crippen molar-refractivity contribution < 1.29 is 17.9 Å². The molecule has 0 bridgehead atoms. The van der Waals surface area contributed by atoms with Crippen LogP contribution in [-0.2, 0) is 4.74 Å². The fraction of sp³-hybridized carbons (Fsp3) is 0.333. The second kappa shape index (κ2) is 4.16.